The molecule has 1 amide bonds. The van der Waals surface area contributed by atoms with Crippen LogP contribution in [0.5, 0.6) is 0 Å². The first-order chi connectivity index (χ1) is 12.2. The first-order valence-electron chi connectivity index (χ1n) is 7.13. The molecule has 0 unspecified atom stereocenters. The molecule has 26 heavy (non-hydrogen) atoms. The number of nitrogens with one attached hydrogen (secondary N) is 1. The molecule has 0 aliphatic rings. The molecule has 0 aliphatic carbocycles. The van der Waals surface area contributed by atoms with E-state index in [-0.39, 0.29) is 32.3 Å². The molecular formula is C14H14ClN3O5S3. The standard InChI is InChI=1S/C14H14ClN3O5S3/c1-3-23-11(19)7-24-14-18-17-13(25-14)16-12(20)8-4-5-9(15)10(6-8)26(2,21)22/h4-6H,3,7H2,1-2H3,(H,16,17,20). The van der Waals surface area contributed by atoms with Gasteiger partial charge in [-0.3, -0.25) is 14.9 Å². The number of esters is 1. The highest BCUT2D eigenvalue weighted by Crippen LogP contribution is 2.27. The molecule has 0 spiro atoms. The Hall–Kier alpha value is -1.69. The van der Waals surface area contributed by atoms with Crippen LogP contribution >= 0.6 is 34.7 Å². The second kappa shape index (κ2) is 8.80. The number of sulfone groups is 1. The third-order valence-corrected chi connectivity index (χ3v) is 6.36. The number of anilines is 1. The number of rotatable bonds is 7. The highest BCUT2D eigenvalue weighted by Gasteiger charge is 2.17. The zero-order valence-corrected chi connectivity index (χ0v) is 16.9. The number of carbonyl (C=O) groups is 2. The van der Waals surface area contributed by atoms with Gasteiger partial charge in [-0.2, -0.15) is 0 Å². The zero-order valence-electron chi connectivity index (χ0n) is 13.7. The molecule has 0 atom stereocenters. The van der Waals surface area contributed by atoms with Crippen molar-refractivity contribution in [2.45, 2.75) is 16.2 Å². The minimum absolute atomic E-state index is 0.0395. The largest absolute Gasteiger partial charge is 0.465 e. The molecule has 0 saturated heterocycles. The van der Waals surface area contributed by atoms with Gasteiger partial charge in [0.25, 0.3) is 5.91 Å². The van der Waals surface area contributed by atoms with Crippen LogP contribution in [0.4, 0.5) is 5.13 Å². The van der Waals surface area contributed by atoms with Gasteiger partial charge in [-0.15, -0.1) is 10.2 Å². The molecule has 8 nitrogen and oxygen atoms in total. The van der Waals surface area contributed by atoms with Crippen LogP contribution in [0.15, 0.2) is 27.4 Å². The fraction of sp³-hybridized carbons (Fsp3) is 0.286. The number of carbonyl (C=O) groups excluding carboxylic acids is 2. The van der Waals surface area contributed by atoms with Gasteiger partial charge in [-0.25, -0.2) is 8.42 Å². The second-order valence-electron chi connectivity index (χ2n) is 4.84. The van der Waals surface area contributed by atoms with Crippen LogP contribution < -0.4 is 5.32 Å². The summed E-state index contributed by atoms with van der Waals surface area (Å²) in [5.41, 5.74) is 0.116. The van der Waals surface area contributed by atoms with E-state index in [1.54, 1.807) is 6.92 Å². The van der Waals surface area contributed by atoms with Crippen LogP contribution in [0.1, 0.15) is 17.3 Å². The number of hydrogen-bond acceptors (Lipinski definition) is 9. The molecular weight excluding hydrogens is 422 g/mol. The first kappa shape index (κ1) is 20.6. The highest BCUT2D eigenvalue weighted by atomic mass is 35.5. The van der Waals surface area contributed by atoms with Crippen LogP contribution in [-0.4, -0.2) is 49.1 Å². The fourth-order valence-corrected chi connectivity index (χ4v) is 4.59. The summed E-state index contributed by atoms with van der Waals surface area (Å²) in [6.45, 7) is 2.01. The van der Waals surface area contributed by atoms with Crippen molar-refractivity contribution in [3.8, 4) is 0 Å². The summed E-state index contributed by atoms with van der Waals surface area (Å²) in [6.07, 6.45) is 1.01. The highest BCUT2D eigenvalue weighted by molar-refractivity contribution is 8.01. The van der Waals surface area contributed by atoms with Crippen molar-refractivity contribution >= 4 is 61.5 Å². The Morgan fingerprint density at radius 2 is 2.08 bits per heavy atom. The smallest absolute Gasteiger partial charge is 0.316 e. The fourth-order valence-electron chi connectivity index (χ4n) is 1.74. The van der Waals surface area contributed by atoms with Crippen LogP contribution in [0, 0.1) is 0 Å². The van der Waals surface area contributed by atoms with Crippen molar-refractivity contribution in [1.29, 1.82) is 0 Å². The van der Waals surface area contributed by atoms with Gasteiger partial charge in [0, 0.05) is 11.8 Å². The van der Waals surface area contributed by atoms with Crippen LogP contribution in [-0.2, 0) is 19.4 Å². The first-order valence-corrected chi connectivity index (χ1v) is 11.2. The van der Waals surface area contributed by atoms with E-state index in [9.17, 15) is 18.0 Å². The number of ether oxygens (including phenoxy) is 1. The molecule has 1 aromatic heterocycles. The number of thioether (sulfide) groups is 1. The van der Waals surface area contributed by atoms with Gasteiger partial charge in [0.15, 0.2) is 14.2 Å². The Morgan fingerprint density at radius 3 is 2.73 bits per heavy atom. The average Bonchev–Trinajstić information content (AvgIpc) is 3.00. The minimum atomic E-state index is -3.56. The summed E-state index contributed by atoms with van der Waals surface area (Å²) in [4.78, 5) is 23.5. The molecule has 0 aliphatic heterocycles. The number of nitrogens with zero attached hydrogens (tertiary/aromatic N) is 2. The summed E-state index contributed by atoms with van der Waals surface area (Å²) >= 11 is 8.09. The molecule has 2 rings (SSSR count). The van der Waals surface area contributed by atoms with Crippen molar-refractivity contribution in [2.24, 2.45) is 0 Å². The van der Waals surface area contributed by atoms with Crippen molar-refractivity contribution in [1.82, 2.24) is 10.2 Å². The number of hydrogen-bond donors (Lipinski definition) is 1. The third kappa shape index (κ3) is 5.66. The van der Waals surface area contributed by atoms with E-state index in [4.69, 9.17) is 16.3 Å². The van der Waals surface area contributed by atoms with Gasteiger partial charge in [0.1, 0.15) is 0 Å². The van der Waals surface area contributed by atoms with Gasteiger partial charge < -0.3 is 4.74 Å². The topological polar surface area (TPSA) is 115 Å². The quantitative estimate of drug-likeness (QED) is 0.400. The third-order valence-electron chi connectivity index (χ3n) is 2.84. The molecule has 0 bridgehead atoms. The Bertz CT molecular complexity index is 930. The van der Waals surface area contributed by atoms with Gasteiger partial charge in [-0.05, 0) is 25.1 Å². The Balaban J connectivity index is 2.06. The van der Waals surface area contributed by atoms with E-state index < -0.39 is 15.7 Å². The summed E-state index contributed by atoms with van der Waals surface area (Å²) < 4.78 is 28.7. The molecule has 2 aromatic rings. The van der Waals surface area contributed by atoms with Crippen LogP contribution in [0.2, 0.25) is 5.02 Å². The summed E-state index contributed by atoms with van der Waals surface area (Å²) in [5.74, 6) is -0.830. The minimum Gasteiger partial charge on any atom is -0.465 e. The van der Waals surface area contributed by atoms with E-state index in [0.717, 1.165) is 29.4 Å². The van der Waals surface area contributed by atoms with Crippen molar-refractivity contribution in [2.75, 3.05) is 23.9 Å². The van der Waals surface area contributed by atoms with E-state index in [0.29, 0.717) is 10.9 Å². The van der Waals surface area contributed by atoms with Crippen LogP contribution in [0.3, 0.4) is 0 Å². The lowest BCUT2D eigenvalue weighted by Crippen LogP contribution is -2.12. The lowest BCUT2D eigenvalue weighted by Gasteiger charge is -2.05. The summed E-state index contributed by atoms with van der Waals surface area (Å²) in [5, 5.41) is 10.5. The Kier molecular flexibility index (Phi) is 6.98. The van der Waals surface area contributed by atoms with Gasteiger partial charge in [0.2, 0.25) is 5.13 Å². The van der Waals surface area contributed by atoms with E-state index in [1.165, 1.54) is 18.2 Å². The maximum Gasteiger partial charge on any atom is 0.316 e. The molecule has 0 fully saturated rings. The molecule has 0 radical (unpaired) electrons. The number of amides is 1. The number of benzene rings is 1. The molecule has 140 valence electrons. The van der Waals surface area contributed by atoms with Gasteiger partial charge in [-0.1, -0.05) is 34.7 Å². The monoisotopic (exact) mass is 435 g/mol. The molecule has 12 heteroatoms. The SMILES string of the molecule is CCOC(=O)CSc1nnc(NC(=O)c2ccc(Cl)c(S(C)(=O)=O)c2)s1. The molecule has 1 N–H and O–H groups in total. The number of halogens is 1. The average molecular weight is 436 g/mol. The summed E-state index contributed by atoms with van der Waals surface area (Å²) in [6, 6.07) is 3.95. The molecule has 1 heterocycles. The van der Waals surface area contributed by atoms with Crippen molar-refractivity contribution < 1.29 is 22.7 Å². The van der Waals surface area contributed by atoms with Gasteiger partial charge in [0.05, 0.1) is 22.3 Å². The summed E-state index contributed by atoms with van der Waals surface area (Å²) in [7, 11) is -3.56. The molecule has 0 saturated carbocycles. The molecule has 1 aromatic carbocycles. The zero-order chi connectivity index (χ0) is 19.3. The maximum atomic E-state index is 12.3. The van der Waals surface area contributed by atoms with E-state index in [1.807, 2.05) is 0 Å². The Labute approximate surface area is 163 Å². The van der Waals surface area contributed by atoms with Crippen molar-refractivity contribution in [3.05, 3.63) is 28.8 Å². The lowest BCUT2D eigenvalue weighted by atomic mass is 10.2. The predicted molar refractivity (Wildman–Crippen MR) is 99.8 cm³/mol. The van der Waals surface area contributed by atoms with Gasteiger partial charge >= 0.3 is 5.97 Å². The van der Waals surface area contributed by atoms with E-state index >= 15 is 0 Å². The maximum absolute atomic E-state index is 12.3. The predicted octanol–water partition coefficient (Wildman–Crippen LogP) is 2.50. The van der Waals surface area contributed by atoms with Crippen LogP contribution in [0.25, 0.3) is 0 Å². The number of aromatic nitrogens is 2. The van der Waals surface area contributed by atoms with E-state index in [2.05, 4.69) is 15.5 Å². The lowest BCUT2D eigenvalue weighted by molar-refractivity contribution is -0.139. The second-order valence-corrected chi connectivity index (χ2v) is 9.43. The Morgan fingerprint density at radius 1 is 1.35 bits per heavy atom. The van der Waals surface area contributed by atoms with Crippen molar-refractivity contribution in [3.63, 3.8) is 0 Å². The normalized spacial score (nSPS) is 11.2.